The van der Waals surface area contributed by atoms with Crippen molar-refractivity contribution in [2.75, 3.05) is 13.7 Å². The van der Waals surface area contributed by atoms with Crippen molar-refractivity contribution in [2.45, 2.75) is 0 Å². The lowest BCUT2D eigenvalue weighted by Crippen LogP contribution is -1.94. The van der Waals surface area contributed by atoms with Crippen LogP contribution in [0.2, 0.25) is 0 Å². The van der Waals surface area contributed by atoms with Gasteiger partial charge in [0.15, 0.2) is 0 Å². The second-order valence-corrected chi connectivity index (χ2v) is 2.58. The third-order valence-corrected chi connectivity index (χ3v) is 1.61. The summed E-state index contributed by atoms with van der Waals surface area (Å²) in [6.45, 7) is 0.397. The van der Waals surface area contributed by atoms with E-state index in [-0.39, 0.29) is 5.92 Å². The molecule has 0 saturated carbocycles. The molecule has 1 rings (SSSR count). The minimum Gasteiger partial charge on any atom is -0.379 e. The van der Waals surface area contributed by atoms with Crippen LogP contribution in [-0.2, 0) is 4.74 Å². The number of hydrogen-bond acceptors (Lipinski definition) is 2. The summed E-state index contributed by atoms with van der Waals surface area (Å²) >= 11 is 0. The van der Waals surface area contributed by atoms with Gasteiger partial charge in [-0.05, 0) is 0 Å². The SMILES string of the molecule is COC/C(C#N)=C/C1C=CC=C1. The predicted molar refractivity (Wildman–Crippen MR) is 47.3 cm³/mol. The van der Waals surface area contributed by atoms with Gasteiger partial charge in [0, 0.05) is 13.0 Å². The van der Waals surface area contributed by atoms with E-state index in [9.17, 15) is 0 Å². The number of nitriles is 1. The van der Waals surface area contributed by atoms with E-state index in [1.54, 1.807) is 7.11 Å². The molecule has 0 unspecified atom stereocenters. The Kier molecular flexibility index (Phi) is 3.31. The summed E-state index contributed by atoms with van der Waals surface area (Å²) < 4.78 is 4.87. The Balaban J connectivity index is 2.58. The molecule has 0 N–H and O–H groups in total. The lowest BCUT2D eigenvalue weighted by Gasteiger charge is -1.99. The summed E-state index contributed by atoms with van der Waals surface area (Å²) in [6, 6.07) is 2.10. The average Bonchev–Trinajstić information content (AvgIpc) is 2.56. The maximum absolute atomic E-state index is 8.67. The monoisotopic (exact) mass is 161 g/mol. The fourth-order valence-electron chi connectivity index (χ4n) is 1.07. The first-order valence-corrected chi connectivity index (χ1v) is 3.81. The van der Waals surface area contributed by atoms with E-state index in [4.69, 9.17) is 10.00 Å². The molecule has 62 valence electrons. The molecular weight excluding hydrogens is 150 g/mol. The van der Waals surface area contributed by atoms with Crippen molar-refractivity contribution >= 4 is 0 Å². The van der Waals surface area contributed by atoms with Gasteiger partial charge < -0.3 is 4.74 Å². The van der Waals surface area contributed by atoms with Gasteiger partial charge in [-0.3, -0.25) is 0 Å². The van der Waals surface area contributed by atoms with Crippen LogP contribution in [-0.4, -0.2) is 13.7 Å². The summed E-state index contributed by atoms with van der Waals surface area (Å²) in [7, 11) is 1.59. The Morgan fingerprint density at radius 3 is 2.75 bits per heavy atom. The van der Waals surface area contributed by atoms with Gasteiger partial charge in [0.2, 0.25) is 0 Å². The molecule has 0 atom stereocenters. The molecule has 0 spiro atoms. The van der Waals surface area contributed by atoms with Gasteiger partial charge in [-0.25, -0.2) is 0 Å². The second kappa shape index (κ2) is 4.53. The third-order valence-electron chi connectivity index (χ3n) is 1.61. The maximum Gasteiger partial charge on any atom is 0.0968 e. The molecule has 0 bridgehead atoms. The van der Waals surface area contributed by atoms with Gasteiger partial charge in [0.05, 0.1) is 18.2 Å². The zero-order valence-electron chi connectivity index (χ0n) is 7.03. The van der Waals surface area contributed by atoms with Crippen LogP contribution >= 0.6 is 0 Å². The van der Waals surface area contributed by atoms with Gasteiger partial charge in [-0.15, -0.1) is 0 Å². The molecular formula is C10H11NO. The topological polar surface area (TPSA) is 33.0 Å². The van der Waals surface area contributed by atoms with E-state index in [0.29, 0.717) is 12.2 Å². The molecule has 2 nitrogen and oxygen atoms in total. The van der Waals surface area contributed by atoms with Crippen molar-refractivity contribution in [3.63, 3.8) is 0 Å². The Morgan fingerprint density at radius 1 is 1.58 bits per heavy atom. The molecule has 12 heavy (non-hydrogen) atoms. The zero-order chi connectivity index (χ0) is 8.81. The van der Waals surface area contributed by atoms with Crippen molar-refractivity contribution in [1.82, 2.24) is 0 Å². The van der Waals surface area contributed by atoms with Crippen molar-refractivity contribution in [1.29, 1.82) is 5.26 Å². The van der Waals surface area contributed by atoms with E-state index in [0.717, 1.165) is 0 Å². The van der Waals surface area contributed by atoms with Crippen LogP contribution in [0, 0.1) is 17.2 Å². The van der Waals surface area contributed by atoms with Crippen molar-refractivity contribution in [3.05, 3.63) is 36.0 Å². The smallest absolute Gasteiger partial charge is 0.0968 e. The lowest BCUT2D eigenvalue weighted by molar-refractivity contribution is 0.228. The molecule has 0 aromatic heterocycles. The Morgan fingerprint density at radius 2 is 2.25 bits per heavy atom. The Labute approximate surface area is 72.5 Å². The van der Waals surface area contributed by atoms with Gasteiger partial charge in [-0.2, -0.15) is 5.26 Å². The Bertz CT molecular complexity index is 256. The van der Waals surface area contributed by atoms with Gasteiger partial charge in [0.25, 0.3) is 0 Å². The molecule has 0 fully saturated rings. The van der Waals surface area contributed by atoms with Crippen LogP contribution in [0.1, 0.15) is 0 Å². The molecule has 0 amide bonds. The number of rotatable bonds is 3. The molecule has 0 aromatic carbocycles. The number of methoxy groups -OCH3 is 1. The largest absolute Gasteiger partial charge is 0.379 e. The third kappa shape index (κ3) is 2.37. The number of ether oxygens (including phenoxy) is 1. The molecule has 1 aliphatic rings. The fraction of sp³-hybridized carbons (Fsp3) is 0.300. The maximum atomic E-state index is 8.67. The second-order valence-electron chi connectivity index (χ2n) is 2.58. The first kappa shape index (κ1) is 8.76. The Hall–Kier alpha value is -1.33. The van der Waals surface area contributed by atoms with Crippen LogP contribution < -0.4 is 0 Å². The number of nitrogens with zero attached hydrogens (tertiary/aromatic N) is 1. The van der Waals surface area contributed by atoms with Crippen LogP contribution in [0.25, 0.3) is 0 Å². The molecule has 2 heteroatoms. The van der Waals surface area contributed by atoms with E-state index >= 15 is 0 Å². The highest BCUT2D eigenvalue weighted by Crippen LogP contribution is 2.12. The molecule has 0 radical (unpaired) electrons. The fourth-order valence-corrected chi connectivity index (χ4v) is 1.07. The van der Waals surface area contributed by atoms with Crippen LogP contribution in [0.15, 0.2) is 36.0 Å². The minimum absolute atomic E-state index is 0.273. The van der Waals surface area contributed by atoms with E-state index in [1.165, 1.54) is 0 Å². The quantitative estimate of drug-likeness (QED) is 0.591. The summed E-state index contributed by atoms with van der Waals surface area (Å²) in [5, 5.41) is 8.67. The summed E-state index contributed by atoms with van der Waals surface area (Å²) in [6.07, 6.45) is 9.93. The molecule has 0 aliphatic heterocycles. The van der Waals surface area contributed by atoms with E-state index in [2.05, 4.69) is 6.07 Å². The summed E-state index contributed by atoms with van der Waals surface area (Å²) in [4.78, 5) is 0. The van der Waals surface area contributed by atoms with E-state index in [1.807, 2.05) is 30.4 Å². The first-order valence-electron chi connectivity index (χ1n) is 3.81. The molecule has 0 saturated heterocycles. The highest BCUT2D eigenvalue weighted by atomic mass is 16.5. The predicted octanol–water partition coefficient (Wildman–Crippen LogP) is 1.82. The molecule has 0 aromatic rings. The van der Waals surface area contributed by atoms with Gasteiger partial charge >= 0.3 is 0 Å². The summed E-state index contributed by atoms with van der Waals surface area (Å²) in [5.41, 5.74) is 0.679. The van der Waals surface area contributed by atoms with Crippen LogP contribution in [0.4, 0.5) is 0 Å². The van der Waals surface area contributed by atoms with Gasteiger partial charge in [-0.1, -0.05) is 30.4 Å². The molecule has 1 aliphatic carbocycles. The lowest BCUT2D eigenvalue weighted by atomic mass is 10.1. The van der Waals surface area contributed by atoms with Crippen LogP contribution in [0.3, 0.4) is 0 Å². The van der Waals surface area contributed by atoms with Crippen LogP contribution in [0.5, 0.6) is 0 Å². The van der Waals surface area contributed by atoms with Crippen molar-refractivity contribution in [3.8, 4) is 6.07 Å². The molecule has 0 heterocycles. The normalized spacial score (nSPS) is 16.8. The minimum atomic E-state index is 0.273. The zero-order valence-corrected chi connectivity index (χ0v) is 7.03. The highest BCUT2D eigenvalue weighted by molar-refractivity contribution is 5.30. The number of allylic oxidation sites excluding steroid dienone is 5. The highest BCUT2D eigenvalue weighted by Gasteiger charge is 2.01. The van der Waals surface area contributed by atoms with Crippen molar-refractivity contribution < 1.29 is 4.74 Å². The van der Waals surface area contributed by atoms with Crippen molar-refractivity contribution in [2.24, 2.45) is 5.92 Å². The number of hydrogen-bond donors (Lipinski definition) is 0. The van der Waals surface area contributed by atoms with Gasteiger partial charge in [0.1, 0.15) is 0 Å². The standard InChI is InChI=1S/C10H11NO/c1-12-8-10(7-11)6-9-4-2-3-5-9/h2-6,9H,8H2,1H3/b10-6+. The summed E-state index contributed by atoms with van der Waals surface area (Å²) in [5.74, 6) is 0.273. The first-order chi connectivity index (χ1) is 5.86. The van der Waals surface area contributed by atoms with E-state index < -0.39 is 0 Å². The average molecular weight is 161 g/mol.